The van der Waals surface area contributed by atoms with Crippen LogP contribution in [0.15, 0.2) is 53.4 Å². The van der Waals surface area contributed by atoms with Crippen LogP contribution in [0.25, 0.3) is 0 Å². The van der Waals surface area contributed by atoms with Gasteiger partial charge in [0.05, 0.1) is 10.5 Å². The molecular weight excluding hydrogens is 350 g/mol. The summed E-state index contributed by atoms with van der Waals surface area (Å²) >= 11 is 6.01. The second kappa shape index (κ2) is 6.93. The zero-order valence-electron chi connectivity index (χ0n) is 12.7. The molecule has 1 aliphatic rings. The quantitative estimate of drug-likeness (QED) is 0.798. The van der Waals surface area contributed by atoms with E-state index in [2.05, 4.69) is 4.72 Å². The fourth-order valence-electron chi connectivity index (χ4n) is 2.10. The highest BCUT2D eigenvalue weighted by molar-refractivity contribution is 7.89. The zero-order chi connectivity index (χ0) is 17.2. The van der Waals surface area contributed by atoms with Crippen LogP contribution in [0, 0.1) is 0 Å². The molecule has 0 spiro atoms. The Kier molecular flexibility index (Phi) is 4.89. The van der Waals surface area contributed by atoms with E-state index in [1.807, 2.05) is 6.07 Å². The van der Waals surface area contributed by atoms with Crippen molar-refractivity contribution in [2.24, 2.45) is 0 Å². The Balaban J connectivity index is 1.64. The average Bonchev–Trinajstić information content (AvgIpc) is 3.37. The molecule has 0 aromatic heterocycles. The Hall–Kier alpha value is -1.89. The van der Waals surface area contributed by atoms with Gasteiger partial charge in [-0.1, -0.05) is 29.8 Å². The van der Waals surface area contributed by atoms with Crippen LogP contribution >= 0.6 is 11.6 Å². The smallest absolute Gasteiger partial charge is 0.338 e. The molecule has 2 aromatic rings. The second-order valence-corrected chi connectivity index (χ2v) is 7.71. The number of halogens is 1. The molecule has 0 aliphatic heterocycles. The second-order valence-electron chi connectivity index (χ2n) is 5.59. The van der Waals surface area contributed by atoms with Crippen molar-refractivity contribution < 1.29 is 17.9 Å². The molecule has 1 saturated carbocycles. The summed E-state index contributed by atoms with van der Waals surface area (Å²) < 4.78 is 31.9. The molecule has 1 N–H and O–H groups in total. The minimum Gasteiger partial charge on any atom is -0.457 e. The first-order valence-corrected chi connectivity index (χ1v) is 9.35. The molecule has 0 saturated heterocycles. The number of esters is 1. The number of benzene rings is 2. The molecule has 0 atom stereocenters. The third-order valence-electron chi connectivity index (χ3n) is 3.62. The van der Waals surface area contributed by atoms with Gasteiger partial charge in [0, 0.05) is 16.6 Å². The fraction of sp³-hybridized carbons (Fsp3) is 0.235. The maximum Gasteiger partial charge on any atom is 0.338 e. The molecule has 24 heavy (non-hydrogen) atoms. The Morgan fingerprint density at radius 2 is 1.79 bits per heavy atom. The summed E-state index contributed by atoms with van der Waals surface area (Å²) in [6.07, 6.45) is 1.73. The van der Waals surface area contributed by atoms with Crippen molar-refractivity contribution in [3.05, 3.63) is 64.7 Å². The van der Waals surface area contributed by atoms with E-state index >= 15 is 0 Å². The Morgan fingerprint density at radius 3 is 2.42 bits per heavy atom. The molecule has 7 heteroatoms. The minimum absolute atomic E-state index is 0.0373. The lowest BCUT2D eigenvalue weighted by atomic mass is 10.2. The Bertz CT molecular complexity index is 845. The number of sulfonamides is 1. The third-order valence-corrected chi connectivity index (χ3v) is 5.52. The molecule has 5 nitrogen and oxygen atoms in total. The molecule has 0 bridgehead atoms. The van der Waals surface area contributed by atoms with Crippen LogP contribution in [-0.2, 0) is 21.4 Å². The van der Waals surface area contributed by atoms with E-state index in [0.29, 0.717) is 10.6 Å². The van der Waals surface area contributed by atoms with Crippen molar-refractivity contribution in [2.45, 2.75) is 30.4 Å². The van der Waals surface area contributed by atoms with E-state index in [1.54, 1.807) is 18.2 Å². The molecule has 0 heterocycles. The minimum atomic E-state index is -3.52. The maximum atomic E-state index is 12.1. The molecule has 126 valence electrons. The lowest BCUT2D eigenvalue weighted by molar-refractivity contribution is 0.0473. The van der Waals surface area contributed by atoms with Crippen molar-refractivity contribution in [3.8, 4) is 0 Å². The standard InChI is InChI=1S/C17H16ClNO4S/c18-16-4-2-1-3-13(16)11-23-17(20)12-5-9-15(10-6-12)24(21,22)19-14-7-8-14/h1-6,9-10,14,19H,7-8,11H2. The average molecular weight is 366 g/mol. The summed E-state index contributed by atoms with van der Waals surface area (Å²) in [5.74, 6) is -0.533. The van der Waals surface area contributed by atoms with Gasteiger partial charge < -0.3 is 4.74 Å². The van der Waals surface area contributed by atoms with Crippen molar-refractivity contribution in [3.63, 3.8) is 0 Å². The van der Waals surface area contributed by atoms with Gasteiger partial charge in [-0.2, -0.15) is 0 Å². The highest BCUT2D eigenvalue weighted by Gasteiger charge is 2.28. The molecule has 0 unspecified atom stereocenters. The lowest BCUT2D eigenvalue weighted by Gasteiger charge is -2.08. The van der Waals surface area contributed by atoms with Gasteiger partial charge in [0.15, 0.2) is 0 Å². The number of hydrogen-bond donors (Lipinski definition) is 1. The highest BCUT2D eigenvalue weighted by atomic mass is 35.5. The molecule has 1 aliphatic carbocycles. The number of carbonyl (C=O) groups is 1. The van der Waals surface area contributed by atoms with Crippen molar-refractivity contribution in [1.29, 1.82) is 0 Å². The van der Waals surface area contributed by atoms with Crippen LogP contribution in [-0.4, -0.2) is 20.4 Å². The number of nitrogens with one attached hydrogen (secondary N) is 1. The number of ether oxygens (including phenoxy) is 1. The van der Waals surface area contributed by atoms with Gasteiger partial charge in [-0.3, -0.25) is 0 Å². The van der Waals surface area contributed by atoms with E-state index in [9.17, 15) is 13.2 Å². The third kappa shape index (κ3) is 4.14. The van der Waals surface area contributed by atoms with E-state index in [4.69, 9.17) is 16.3 Å². The highest BCUT2D eigenvalue weighted by Crippen LogP contribution is 2.22. The predicted octanol–water partition coefficient (Wildman–Crippen LogP) is 3.14. The van der Waals surface area contributed by atoms with Crippen LogP contribution in [0.1, 0.15) is 28.8 Å². The molecule has 2 aromatic carbocycles. The van der Waals surface area contributed by atoms with E-state index in [1.165, 1.54) is 24.3 Å². The first-order valence-electron chi connectivity index (χ1n) is 7.48. The first kappa shape index (κ1) is 17.0. The first-order chi connectivity index (χ1) is 11.5. The SMILES string of the molecule is O=C(OCc1ccccc1Cl)c1ccc(S(=O)(=O)NC2CC2)cc1. The molecule has 0 radical (unpaired) electrons. The monoisotopic (exact) mass is 365 g/mol. The van der Waals surface area contributed by atoms with Crippen LogP contribution in [0.2, 0.25) is 5.02 Å². The van der Waals surface area contributed by atoms with Crippen LogP contribution in [0.5, 0.6) is 0 Å². The Labute approximate surface area is 145 Å². The van der Waals surface area contributed by atoms with Crippen molar-refractivity contribution in [2.75, 3.05) is 0 Å². The van der Waals surface area contributed by atoms with Gasteiger partial charge in [-0.15, -0.1) is 0 Å². The number of rotatable bonds is 6. The number of carbonyl (C=O) groups excluding carboxylic acids is 1. The fourth-order valence-corrected chi connectivity index (χ4v) is 3.60. The topological polar surface area (TPSA) is 72.5 Å². The van der Waals surface area contributed by atoms with Gasteiger partial charge in [-0.05, 0) is 43.2 Å². The summed E-state index contributed by atoms with van der Waals surface area (Å²) in [5.41, 5.74) is 0.993. The van der Waals surface area contributed by atoms with Gasteiger partial charge in [0.25, 0.3) is 0 Å². The lowest BCUT2D eigenvalue weighted by Crippen LogP contribution is -2.25. The van der Waals surface area contributed by atoms with Gasteiger partial charge in [0.2, 0.25) is 10.0 Å². The summed E-state index contributed by atoms with van der Waals surface area (Å²) in [6.45, 7) is 0.0573. The summed E-state index contributed by atoms with van der Waals surface area (Å²) in [5, 5.41) is 0.526. The van der Waals surface area contributed by atoms with Crippen LogP contribution in [0.3, 0.4) is 0 Å². The van der Waals surface area contributed by atoms with Crippen molar-refractivity contribution >= 4 is 27.6 Å². The van der Waals surface area contributed by atoms with Crippen LogP contribution in [0.4, 0.5) is 0 Å². The normalized spacial score (nSPS) is 14.4. The van der Waals surface area contributed by atoms with E-state index < -0.39 is 16.0 Å². The summed E-state index contributed by atoms with van der Waals surface area (Å²) in [6, 6.07) is 12.8. The summed E-state index contributed by atoms with van der Waals surface area (Å²) in [7, 11) is -3.52. The van der Waals surface area contributed by atoms with Gasteiger partial charge in [-0.25, -0.2) is 17.9 Å². The van der Waals surface area contributed by atoms with Gasteiger partial charge in [0.1, 0.15) is 6.61 Å². The summed E-state index contributed by atoms with van der Waals surface area (Å²) in [4.78, 5) is 12.2. The van der Waals surface area contributed by atoms with Crippen molar-refractivity contribution in [1.82, 2.24) is 4.72 Å². The predicted molar refractivity (Wildman–Crippen MR) is 90.4 cm³/mol. The van der Waals surface area contributed by atoms with E-state index in [0.717, 1.165) is 12.8 Å². The Morgan fingerprint density at radius 1 is 1.12 bits per heavy atom. The zero-order valence-corrected chi connectivity index (χ0v) is 14.3. The molecule has 3 rings (SSSR count). The number of hydrogen-bond acceptors (Lipinski definition) is 4. The van der Waals surface area contributed by atoms with Crippen LogP contribution < -0.4 is 4.72 Å². The largest absolute Gasteiger partial charge is 0.457 e. The molecule has 1 fully saturated rings. The molecule has 0 amide bonds. The molecular formula is C17H16ClNO4S. The maximum absolute atomic E-state index is 12.1. The van der Waals surface area contributed by atoms with Gasteiger partial charge >= 0.3 is 5.97 Å². The van der Waals surface area contributed by atoms with E-state index in [-0.39, 0.29) is 23.1 Å².